The Morgan fingerprint density at radius 1 is 1.39 bits per heavy atom. The van der Waals surface area contributed by atoms with Crippen LogP contribution in [-0.2, 0) is 9.53 Å². The molecule has 0 aromatic carbocycles. The third-order valence-electron chi connectivity index (χ3n) is 4.18. The number of nitrogens with zero attached hydrogens (tertiary/aromatic N) is 1. The highest BCUT2D eigenvalue weighted by Gasteiger charge is 2.36. The topological polar surface area (TPSA) is 41.6 Å². The van der Waals surface area contributed by atoms with Crippen molar-refractivity contribution in [3.05, 3.63) is 0 Å². The summed E-state index contributed by atoms with van der Waals surface area (Å²) in [6.07, 6.45) is 1.24. The molecule has 4 heteroatoms. The van der Waals surface area contributed by atoms with Crippen molar-refractivity contribution in [1.82, 2.24) is 10.2 Å². The van der Waals surface area contributed by atoms with Gasteiger partial charge in [-0.2, -0.15) is 0 Å². The Balaban J connectivity index is 2.53. The number of likely N-dealkylation sites (tertiary alicyclic amines) is 1. The number of carbonyl (C=O) groups is 1. The van der Waals surface area contributed by atoms with E-state index >= 15 is 0 Å². The molecule has 18 heavy (non-hydrogen) atoms. The molecule has 0 aliphatic carbocycles. The average Bonchev–Trinajstić information content (AvgIpc) is 2.73. The molecule has 1 unspecified atom stereocenters. The second-order valence-corrected chi connectivity index (χ2v) is 6.71. The molecule has 1 rings (SSSR count). The zero-order valence-corrected chi connectivity index (χ0v) is 12.7. The first-order valence-corrected chi connectivity index (χ1v) is 6.71. The van der Waals surface area contributed by atoms with Gasteiger partial charge in [0.15, 0.2) is 0 Å². The molecule has 0 aromatic rings. The van der Waals surface area contributed by atoms with Gasteiger partial charge in [-0.3, -0.25) is 4.79 Å². The molecule has 0 bridgehead atoms. The summed E-state index contributed by atoms with van der Waals surface area (Å²) < 4.78 is 4.81. The summed E-state index contributed by atoms with van der Waals surface area (Å²) in [6.45, 7) is 11.4. The van der Waals surface area contributed by atoms with Crippen molar-refractivity contribution in [1.29, 1.82) is 0 Å². The fourth-order valence-electron chi connectivity index (χ4n) is 2.49. The second kappa shape index (κ2) is 5.57. The van der Waals surface area contributed by atoms with Crippen molar-refractivity contribution in [3.8, 4) is 0 Å². The number of hydrogen-bond acceptors (Lipinski definition) is 4. The molecule has 0 aromatic heterocycles. The lowest BCUT2D eigenvalue weighted by atomic mass is 9.77. The summed E-state index contributed by atoms with van der Waals surface area (Å²) in [5, 5.41) is 3.35. The van der Waals surface area contributed by atoms with Gasteiger partial charge in [0.1, 0.15) is 5.54 Å². The SMILES string of the molecule is COC(=O)C(C)(C)NCC(C)(C)C1CCN(C)C1. The van der Waals surface area contributed by atoms with Gasteiger partial charge >= 0.3 is 5.97 Å². The maximum atomic E-state index is 11.6. The van der Waals surface area contributed by atoms with Crippen LogP contribution in [-0.4, -0.2) is 50.2 Å². The molecule has 1 aliphatic heterocycles. The first-order valence-electron chi connectivity index (χ1n) is 6.71. The summed E-state index contributed by atoms with van der Waals surface area (Å²) in [5.41, 5.74) is -0.424. The van der Waals surface area contributed by atoms with Gasteiger partial charge in [0.2, 0.25) is 0 Å². The number of ether oxygens (including phenoxy) is 1. The van der Waals surface area contributed by atoms with E-state index in [4.69, 9.17) is 4.74 Å². The van der Waals surface area contributed by atoms with E-state index in [1.54, 1.807) is 0 Å². The average molecular weight is 256 g/mol. The van der Waals surface area contributed by atoms with Crippen molar-refractivity contribution >= 4 is 5.97 Å². The highest BCUT2D eigenvalue weighted by Crippen LogP contribution is 2.33. The Morgan fingerprint density at radius 2 is 2.00 bits per heavy atom. The highest BCUT2D eigenvalue weighted by atomic mass is 16.5. The fourth-order valence-corrected chi connectivity index (χ4v) is 2.49. The quantitative estimate of drug-likeness (QED) is 0.757. The van der Waals surface area contributed by atoms with E-state index in [2.05, 4.69) is 31.1 Å². The summed E-state index contributed by atoms with van der Waals surface area (Å²) in [7, 11) is 3.60. The standard InChI is InChI=1S/C14H28N2O2/c1-13(2,11-7-8-16(5)9-11)10-15-14(3,4)12(17)18-6/h11,15H,7-10H2,1-6H3. The first-order chi connectivity index (χ1) is 8.19. The van der Waals surface area contributed by atoms with Gasteiger partial charge in [0, 0.05) is 13.1 Å². The van der Waals surface area contributed by atoms with Crippen molar-refractivity contribution < 1.29 is 9.53 Å². The summed E-state index contributed by atoms with van der Waals surface area (Å²) in [4.78, 5) is 14.0. The van der Waals surface area contributed by atoms with Crippen LogP contribution in [0.1, 0.15) is 34.1 Å². The normalized spacial score (nSPS) is 22.2. The van der Waals surface area contributed by atoms with E-state index in [1.165, 1.54) is 20.1 Å². The Morgan fingerprint density at radius 3 is 2.44 bits per heavy atom. The number of hydrogen-bond donors (Lipinski definition) is 1. The lowest BCUT2D eigenvalue weighted by Gasteiger charge is -2.35. The van der Waals surface area contributed by atoms with Crippen molar-refractivity contribution in [2.45, 2.75) is 39.7 Å². The number of nitrogens with one attached hydrogen (secondary N) is 1. The molecule has 1 fully saturated rings. The number of esters is 1. The van der Waals surface area contributed by atoms with Crippen LogP contribution in [0.4, 0.5) is 0 Å². The smallest absolute Gasteiger partial charge is 0.325 e. The molecule has 0 saturated carbocycles. The first kappa shape index (κ1) is 15.4. The third kappa shape index (κ3) is 3.69. The molecule has 106 valence electrons. The predicted octanol–water partition coefficient (Wildman–Crippen LogP) is 1.51. The Kier molecular flexibility index (Phi) is 4.78. The number of carbonyl (C=O) groups excluding carboxylic acids is 1. The zero-order valence-electron chi connectivity index (χ0n) is 12.7. The van der Waals surface area contributed by atoms with Gasteiger partial charge in [0.05, 0.1) is 7.11 Å². The van der Waals surface area contributed by atoms with Crippen LogP contribution in [0.15, 0.2) is 0 Å². The van der Waals surface area contributed by atoms with Gasteiger partial charge in [-0.25, -0.2) is 0 Å². The van der Waals surface area contributed by atoms with E-state index in [9.17, 15) is 4.79 Å². The van der Waals surface area contributed by atoms with E-state index < -0.39 is 5.54 Å². The minimum absolute atomic E-state index is 0.191. The zero-order chi connectivity index (χ0) is 14.0. The Labute approximate surface area is 111 Å². The van der Waals surface area contributed by atoms with Gasteiger partial charge in [-0.1, -0.05) is 13.8 Å². The fraction of sp³-hybridized carbons (Fsp3) is 0.929. The van der Waals surface area contributed by atoms with Gasteiger partial charge in [-0.05, 0) is 45.2 Å². The minimum atomic E-state index is -0.615. The maximum Gasteiger partial charge on any atom is 0.325 e. The van der Waals surface area contributed by atoms with Gasteiger partial charge in [-0.15, -0.1) is 0 Å². The highest BCUT2D eigenvalue weighted by molar-refractivity contribution is 5.79. The van der Waals surface area contributed by atoms with Crippen LogP contribution in [0.3, 0.4) is 0 Å². The molecule has 0 radical (unpaired) electrons. The molecule has 1 saturated heterocycles. The van der Waals surface area contributed by atoms with Crippen LogP contribution in [0, 0.1) is 11.3 Å². The van der Waals surface area contributed by atoms with Crippen molar-refractivity contribution in [2.24, 2.45) is 11.3 Å². The van der Waals surface area contributed by atoms with Crippen LogP contribution >= 0.6 is 0 Å². The maximum absolute atomic E-state index is 11.6. The Hall–Kier alpha value is -0.610. The van der Waals surface area contributed by atoms with Crippen LogP contribution in [0.25, 0.3) is 0 Å². The molecular weight excluding hydrogens is 228 g/mol. The van der Waals surface area contributed by atoms with E-state index in [1.807, 2.05) is 13.8 Å². The molecule has 1 aliphatic rings. The van der Waals surface area contributed by atoms with E-state index in [-0.39, 0.29) is 11.4 Å². The van der Waals surface area contributed by atoms with E-state index in [0.717, 1.165) is 13.1 Å². The molecule has 1 heterocycles. The Bertz CT molecular complexity index is 300. The largest absolute Gasteiger partial charge is 0.468 e. The molecule has 4 nitrogen and oxygen atoms in total. The minimum Gasteiger partial charge on any atom is -0.468 e. The number of methoxy groups -OCH3 is 1. The third-order valence-corrected chi connectivity index (χ3v) is 4.18. The molecular formula is C14H28N2O2. The predicted molar refractivity (Wildman–Crippen MR) is 73.5 cm³/mol. The lowest BCUT2D eigenvalue weighted by molar-refractivity contribution is -0.147. The lowest BCUT2D eigenvalue weighted by Crippen LogP contribution is -2.51. The summed E-state index contributed by atoms with van der Waals surface area (Å²) >= 11 is 0. The summed E-state index contributed by atoms with van der Waals surface area (Å²) in [5.74, 6) is 0.477. The second-order valence-electron chi connectivity index (χ2n) is 6.71. The summed E-state index contributed by atoms with van der Waals surface area (Å²) in [6, 6.07) is 0. The number of rotatable bonds is 5. The van der Waals surface area contributed by atoms with Crippen LogP contribution < -0.4 is 5.32 Å². The molecule has 1 atom stereocenters. The van der Waals surface area contributed by atoms with Crippen molar-refractivity contribution in [3.63, 3.8) is 0 Å². The van der Waals surface area contributed by atoms with Crippen LogP contribution in [0.5, 0.6) is 0 Å². The van der Waals surface area contributed by atoms with E-state index in [0.29, 0.717) is 5.92 Å². The molecule has 0 amide bonds. The molecule has 0 spiro atoms. The van der Waals surface area contributed by atoms with Gasteiger partial charge < -0.3 is 15.0 Å². The van der Waals surface area contributed by atoms with Crippen molar-refractivity contribution in [2.75, 3.05) is 33.8 Å². The molecule has 1 N–H and O–H groups in total. The van der Waals surface area contributed by atoms with Crippen LogP contribution in [0.2, 0.25) is 0 Å². The van der Waals surface area contributed by atoms with Gasteiger partial charge in [0.25, 0.3) is 0 Å². The monoisotopic (exact) mass is 256 g/mol.